The Bertz CT molecular complexity index is 698. The van der Waals surface area contributed by atoms with Gasteiger partial charge in [0.25, 0.3) is 0 Å². The molecule has 3 rings (SSSR count). The van der Waals surface area contributed by atoms with Gasteiger partial charge in [-0.25, -0.2) is 0 Å². The number of likely N-dealkylation sites (N-methyl/N-ethyl adjacent to an activating group) is 1. The molecule has 1 amide bonds. The molecule has 1 aliphatic heterocycles. The molecular weight excluding hydrogens is 289 g/mol. The summed E-state index contributed by atoms with van der Waals surface area (Å²) in [6, 6.07) is 16.5. The number of carbonyl (C=O) groups is 1. The van der Waals surface area contributed by atoms with Crippen LogP contribution in [0.3, 0.4) is 0 Å². The van der Waals surface area contributed by atoms with Gasteiger partial charge in [-0.3, -0.25) is 4.79 Å². The molecule has 0 N–H and O–H groups in total. The number of carbonyl (C=O) groups excluding carboxylic acids is 1. The summed E-state index contributed by atoms with van der Waals surface area (Å²) in [4.78, 5) is 15.3. The Kier molecular flexibility index (Phi) is 4.06. The molecule has 0 aliphatic carbocycles. The second-order valence-corrected chi connectivity index (χ2v) is 6.51. The van der Waals surface area contributed by atoms with Crippen molar-refractivity contribution in [2.75, 3.05) is 11.4 Å². The highest BCUT2D eigenvalue weighted by molar-refractivity contribution is 7.27. The van der Waals surface area contributed by atoms with Gasteiger partial charge in [0, 0.05) is 12.2 Å². The molecule has 1 heterocycles. The van der Waals surface area contributed by atoms with Gasteiger partial charge in [0.05, 0.1) is 0 Å². The van der Waals surface area contributed by atoms with Crippen LogP contribution in [-0.4, -0.2) is 12.5 Å². The number of fused-ring (bicyclic) bond motifs is 1. The number of anilines is 1. The van der Waals surface area contributed by atoms with Crippen molar-refractivity contribution in [2.45, 2.75) is 32.1 Å². The summed E-state index contributed by atoms with van der Waals surface area (Å²) in [5.74, 6) is 0.216. The first-order chi connectivity index (χ1) is 10.6. The lowest BCUT2D eigenvalue weighted by molar-refractivity contribution is -0.122. The summed E-state index contributed by atoms with van der Waals surface area (Å²) in [6.45, 7) is 4.90. The van der Waals surface area contributed by atoms with Crippen molar-refractivity contribution < 1.29 is 4.79 Å². The fourth-order valence-corrected chi connectivity index (χ4v) is 3.93. The van der Waals surface area contributed by atoms with Gasteiger partial charge in [0.15, 0.2) is 0 Å². The number of benzene rings is 2. The van der Waals surface area contributed by atoms with Crippen LogP contribution in [0.25, 0.3) is 0 Å². The van der Waals surface area contributed by atoms with Crippen LogP contribution in [0.5, 0.6) is 0 Å². The van der Waals surface area contributed by atoms with E-state index in [0.717, 1.165) is 35.0 Å². The van der Waals surface area contributed by atoms with Crippen molar-refractivity contribution >= 4 is 26.1 Å². The monoisotopic (exact) mass is 311 g/mol. The number of hydrogen-bond acceptors (Lipinski definition) is 1. The van der Waals surface area contributed by atoms with E-state index in [4.69, 9.17) is 0 Å². The fourth-order valence-electron chi connectivity index (χ4n) is 3.66. The molecule has 2 aromatic rings. The third kappa shape index (κ3) is 2.09. The number of nitrogens with zero attached hydrogens (tertiary/aromatic N) is 1. The van der Waals surface area contributed by atoms with E-state index in [0.29, 0.717) is 6.54 Å². The molecule has 3 heteroatoms. The average Bonchev–Trinajstić information content (AvgIpc) is 2.77. The quantitative estimate of drug-likeness (QED) is 0.790. The Balaban J connectivity index is 2.31. The van der Waals surface area contributed by atoms with Crippen LogP contribution in [0, 0.1) is 0 Å². The van der Waals surface area contributed by atoms with E-state index < -0.39 is 5.41 Å². The lowest BCUT2D eigenvalue weighted by atomic mass is 9.72. The minimum Gasteiger partial charge on any atom is -0.311 e. The van der Waals surface area contributed by atoms with Crippen LogP contribution in [0.1, 0.15) is 37.8 Å². The first-order valence-corrected chi connectivity index (χ1v) is 8.50. The van der Waals surface area contributed by atoms with E-state index in [1.807, 2.05) is 30.0 Å². The zero-order valence-electron chi connectivity index (χ0n) is 13.2. The molecule has 22 heavy (non-hydrogen) atoms. The van der Waals surface area contributed by atoms with Gasteiger partial charge in [-0.15, -0.1) is 9.24 Å². The van der Waals surface area contributed by atoms with Crippen molar-refractivity contribution in [3.8, 4) is 0 Å². The van der Waals surface area contributed by atoms with E-state index in [-0.39, 0.29) is 5.91 Å². The van der Waals surface area contributed by atoms with Crippen molar-refractivity contribution in [3.05, 3.63) is 59.7 Å². The van der Waals surface area contributed by atoms with Gasteiger partial charge < -0.3 is 4.90 Å². The summed E-state index contributed by atoms with van der Waals surface area (Å²) in [5.41, 5.74) is 2.79. The van der Waals surface area contributed by atoms with Crippen LogP contribution in [-0.2, 0) is 10.2 Å². The lowest BCUT2D eigenvalue weighted by Crippen LogP contribution is -2.41. The van der Waals surface area contributed by atoms with Crippen molar-refractivity contribution in [1.29, 1.82) is 0 Å². The number of amides is 1. The predicted molar refractivity (Wildman–Crippen MR) is 95.9 cm³/mol. The molecule has 0 radical (unpaired) electrons. The highest BCUT2D eigenvalue weighted by Crippen LogP contribution is 2.48. The maximum Gasteiger partial charge on any atom is 0.242 e. The molecule has 2 aromatic carbocycles. The van der Waals surface area contributed by atoms with E-state index in [9.17, 15) is 4.79 Å². The van der Waals surface area contributed by atoms with Gasteiger partial charge in [-0.05, 0) is 41.9 Å². The first-order valence-electron chi connectivity index (χ1n) is 7.92. The summed E-state index contributed by atoms with van der Waals surface area (Å²) in [6.07, 6.45) is 1.81. The van der Waals surface area contributed by atoms with E-state index in [2.05, 4.69) is 46.5 Å². The Labute approximate surface area is 134 Å². The first kappa shape index (κ1) is 15.2. The molecule has 2 atom stereocenters. The average molecular weight is 311 g/mol. The summed E-state index contributed by atoms with van der Waals surface area (Å²) < 4.78 is 0. The zero-order chi connectivity index (χ0) is 15.7. The van der Waals surface area contributed by atoms with E-state index >= 15 is 0 Å². The van der Waals surface area contributed by atoms with E-state index in [1.165, 1.54) is 0 Å². The summed E-state index contributed by atoms with van der Waals surface area (Å²) >= 11 is 0. The molecule has 0 fully saturated rings. The van der Waals surface area contributed by atoms with Crippen LogP contribution in [0.15, 0.2) is 48.5 Å². The van der Waals surface area contributed by atoms with Crippen LogP contribution >= 0.6 is 9.24 Å². The van der Waals surface area contributed by atoms with Crippen LogP contribution in [0.2, 0.25) is 0 Å². The van der Waals surface area contributed by atoms with Crippen LogP contribution < -0.4 is 10.2 Å². The van der Waals surface area contributed by atoms with Gasteiger partial charge >= 0.3 is 0 Å². The molecule has 0 saturated heterocycles. The Morgan fingerprint density at radius 3 is 2.45 bits per heavy atom. The zero-order valence-corrected chi connectivity index (χ0v) is 14.3. The summed E-state index contributed by atoms with van der Waals surface area (Å²) in [7, 11) is 2.75. The smallest absolute Gasteiger partial charge is 0.242 e. The minimum absolute atomic E-state index is 0.216. The minimum atomic E-state index is -0.534. The third-order valence-corrected chi connectivity index (χ3v) is 4.95. The predicted octanol–water partition coefficient (Wildman–Crippen LogP) is 3.64. The standard InChI is InChI=1S/C19H22NOP/c1-3-12-19(14-8-6-5-7-9-14)16-13-15(22)10-11-17(16)20(4-2)18(19)21/h5-11,13H,3-4,12,22H2,1-2H3. The molecule has 2 unspecified atom stereocenters. The van der Waals surface area contributed by atoms with Crippen molar-refractivity contribution in [2.24, 2.45) is 0 Å². The molecular formula is C19H22NOP. The molecule has 114 valence electrons. The second-order valence-electron chi connectivity index (χ2n) is 5.85. The Morgan fingerprint density at radius 2 is 1.82 bits per heavy atom. The molecule has 2 nitrogen and oxygen atoms in total. The van der Waals surface area contributed by atoms with E-state index in [1.54, 1.807) is 0 Å². The van der Waals surface area contributed by atoms with Gasteiger partial charge in [-0.1, -0.05) is 49.7 Å². The number of hydrogen-bond donors (Lipinski definition) is 0. The van der Waals surface area contributed by atoms with Gasteiger partial charge in [-0.2, -0.15) is 0 Å². The SMILES string of the molecule is CCCC1(c2ccccc2)C(=O)N(CC)c2ccc(P)cc21. The summed E-state index contributed by atoms with van der Waals surface area (Å²) in [5, 5.41) is 1.13. The third-order valence-electron chi connectivity index (χ3n) is 4.59. The fraction of sp³-hybridized carbons (Fsp3) is 0.316. The number of rotatable bonds is 4. The maximum absolute atomic E-state index is 13.3. The molecule has 0 bridgehead atoms. The normalized spacial score (nSPS) is 20.3. The molecule has 0 spiro atoms. The largest absolute Gasteiger partial charge is 0.311 e. The topological polar surface area (TPSA) is 20.3 Å². The van der Waals surface area contributed by atoms with Gasteiger partial charge in [0.2, 0.25) is 5.91 Å². The second kappa shape index (κ2) is 5.85. The maximum atomic E-state index is 13.3. The highest BCUT2D eigenvalue weighted by Gasteiger charge is 2.50. The Hall–Kier alpha value is -1.66. The Morgan fingerprint density at radius 1 is 1.09 bits per heavy atom. The molecule has 0 saturated carbocycles. The molecule has 1 aliphatic rings. The van der Waals surface area contributed by atoms with Crippen LogP contribution in [0.4, 0.5) is 5.69 Å². The lowest BCUT2D eigenvalue weighted by Gasteiger charge is -2.29. The van der Waals surface area contributed by atoms with Crippen molar-refractivity contribution in [3.63, 3.8) is 0 Å². The highest BCUT2D eigenvalue weighted by atomic mass is 31.0. The molecule has 0 aromatic heterocycles. The van der Waals surface area contributed by atoms with Crippen molar-refractivity contribution in [1.82, 2.24) is 0 Å². The van der Waals surface area contributed by atoms with Gasteiger partial charge in [0.1, 0.15) is 5.41 Å².